The molecule has 0 aromatic heterocycles. The van der Waals surface area contributed by atoms with Crippen LogP contribution in [0.15, 0.2) is 0 Å². The SMILES string of the molecule is CC(C)CCCNC(=O)NCC(CC(C)C)C(=O)O. The topological polar surface area (TPSA) is 78.4 Å². The van der Waals surface area contributed by atoms with Crippen molar-refractivity contribution in [2.24, 2.45) is 17.8 Å². The van der Waals surface area contributed by atoms with Crippen molar-refractivity contribution >= 4 is 12.0 Å². The van der Waals surface area contributed by atoms with E-state index in [1.807, 2.05) is 13.8 Å². The standard InChI is InChI=1S/C14H28N2O3/c1-10(2)6-5-7-15-14(19)16-9-12(13(17)18)8-11(3)4/h10-12H,5-9H2,1-4H3,(H,17,18)(H2,15,16,19). The largest absolute Gasteiger partial charge is 0.481 e. The third-order valence-corrected chi connectivity index (χ3v) is 2.86. The van der Waals surface area contributed by atoms with Crippen molar-refractivity contribution < 1.29 is 14.7 Å². The fourth-order valence-electron chi connectivity index (χ4n) is 1.83. The van der Waals surface area contributed by atoms with Crippen LogP contribution in [0.4, 0.5) is 4.79 Å². The summed E-state index contributed by atoms with van der Waals surface area (Å²) in [6.07, 6.45) is 2.59. The highest BCUT2D eigenvalue weighted by atomic mass is 16.4. The number of carbonyl (C=O) groups excluding carboxylic acids is 1. The molecule has 0 aliphatic heterocycles. The number of carbonyl (C=O) groups is 2. The van der Waals surface area contributed by atoms with Crippen LogP contribution in [0.1, 0.15) is 47.0 Å². The highest BCUT2D eigenvalue weighted by Crippen LogP contribution is 2.10. The van der Waals surface area contributed by atoms with Gasteiger partial charge in [-0.05, 0) is 31.1 Å². The Hall–Kier alpha value is -1.26. The first-order valence-corrected chi connectivity index (χ1v) is 7.07. The van der Waals surface area contributed by atoms with Gasteiger partial charge in [-0.3, -0.25) is 4.79 Å². The van der Waals surface area contributed by atoms with Gasteiger partial charge in [-0.1, -0.05) is 27.7 Å². The third-order valence-electron chi connectivity index (χ3n) is 2.86. The van der Waals surface area contributed by atoms with E-state index in [0.717, 1.165) is 12.8 Å². The smallest absolute Gasteiger partial charge is 0.314 e. The summed E-state index contributed by atoms with van der Waals surface area (Å²) < 4.78 is 0. The Morgan fingerprint density at radius 1 is 1.05 bits per heavy atom. The van der Waals surface area contributed by atoms with Gasteiger partial charge in [0.15, 0.2) is 0 Å². The molecule has 0 aliphatic carbocycles. The summed E-state index contributed by atoms with van der Waals surface area (Å²) in [5, 5.41) is 14.4. The van der Waals surface area contributed by atoms with Gasteiger partial charge in [0.25, 0.3) is 0 Å². The lowest BCUT2D eigenvalue weighted by Gasteiger charge is -2.15. The van der Waals surface area contributed by atoms with Crippen LogP contribution < -0.4 is 10.6 Å². The van der Waals surface area contributed by atoms with Crippen LogP contribution >= 0.6 is 0 Å². The maximum Gasteiger partial charge on any atom is 0.314 e. The summed E-state index contributed by atoms with van der Waals surface area (Å²) in [5.41, 5.74) is 0. The summed E-state index contributed by atoms with van der Waals surface area (Å²) in [6, 6.07) is -0.279. The maximum atomic E-state index is 11.5. The van der Waals surface area contributed by atoms with E-state index in [2.05, 4.69) is 24.5 Å². The Labute approximate surface area is 116 Å². The van der Waals surface area contributed by atoms with Gasteiger partial charge in [0.1, 0.15) is 0 Å². The van der Waals surface area contributed by atoms with Crippen LogP contribution in [0.2, 0.25) is 0 Å². The van der Waals surface area contributed by atoms with E-state index in [1.165, 1.54) is 0 Å². The molecule has 5 heteroatoms. The molecule has 0 saturated heterocycles. The first kappa shape index (κ1) is 17.7. The number of rotatable bonds is 9. The number of carboxylic acid groups (broad SMARTS) is 1. The van der Waals surface area contributed by atoms with E-state index in [0.29, 0.717) is 24.8 Å². The number of hydrogen-bond donors (Lipinski definition) is 3. The molecule has 0 bridgehead atoms. The minimum atomic E-state index is -0.853. The number of hydrogen-bond acceptors (Lipinski definition) is 2. The lowest BCUT2D eigenvalue weighted by atomic mass is 9.97. The lowest BCUT2D eigenvalue weighted by Crippen LogP contribution is -2.40. The van der Waals surface area contributed by atoms with Crippen molar-refractivity contribution in [1.82, 2.24) is 10.6 Å². The lowest BCUT2D eigenvalue weighted by molar-refractivity contribution is -0.142. The molecule has 0 aliphatic rings. The van der Waals surface area contributed by atoms with Crippen LogP contribution in [0.25, 0.3) is 0 Å². The van der Waals surface area contributed by atoms with Crippen LogP contribution in [-0.4, -0.2) is 30.2 Å². The normalized spacial score (nSPS) is 12.5. The number of aliphatic carboxylic acids is 1. The highest BCUT2D eigenvalue weighted by molar-refractivity contribution is 5.75. The molecule has 19 heavy (non-hydrogen) atoms. The average molecular weight is 272 g/mol. The quantitative estimate of drug-likeness (QED) is 0.564. The second-order valence-electron chi connectivity index (χ2n) is 5.84. The maximum absolute atomic E-state index is 11.5. The zero-order chi connectivity index (χ0) is 14.8. The van der Waals surface area contributed by atoms with Crippen molar-refractivity contribution in [3.05, 3.63) is 0 Å². The van der Waals surface area contributed by atoms with Gasteiger partial charge < -0.3 is 15.7 Å². The van der Waals surface area contributed by atoms with Gasteiger partial charge in [0.2, 0.25) is 0 Å². The fourth-order valence-corrected chi connectivity index (χ4v) is 1.83. The van der Waals surface area contributed by atoms with E-state index in [4.69, 9.17) is 5.11 Å². The van der Waals surface area contributed by atoms with E-state index in [-0.39, 0.29) is 12.6 Å². The molecule has 0 fully saturated rings. The monoisotopic (exact) mass is 272 g/mol. The van der Waals surface area contributed by atoms with Gasteiger partial charge in [0.05, 0.1) is 5.92 Å². The van der Waals surface area contributed by atoms with Crippen molar-refractivity contribution in [2.45, 2.75) is 47.0 Å². The van der Waals surface area contributed by atoms with E-state index in [1.54, 1.807) is 0 Å². The molecular weight excluding hydrogens is 244 g/mol. The first-order chi connectivity index (χ1) is 8.82. The molecule has 0 heterocycles. The van der Waals surface area contributed by atoms with E-state index >= 15 is 0 Å². The molecule has 0 saturated carbocycles. The zero-order valence-electron chi connectivity index (χ0n) is 12.5. The Kier molecular flexibility index (Phi) is 9.00. The van der Waals surface area contributed by atoms with Gasteiger partial charge >= 0.3 is 12.0 Å². The summed E-state index contributed by atoms with van der Waals surface area (Å²) in [7, 11) is 0. The van der Waals surface area contributed by atoms with Crippen LogP contribution in [0.5, 0.6) is 0 Å². The van der Waals surface area contributed by atoms with Crippen molar-refractivity contribution in [3.63, 3.8) is 0 Å². The molecular formula is C14H28N2O3. The minimum absolute atomic E-state index is 0.184. The van der Waals surface area contributed by atoms with Crippen molar-refractivity contribution in [3.8, 4) is 0 Å². The molecule has 2 amide bonds. The second kappa shape index (κ2) is 9.64. The molecule has 1 atom stereocenters. The molecule has 0 aromatic rings. The minimum Gasteiger partial charge on any atom is -0.481 e. The Bertz CT molecular complexity index is 278. The van der Waals surface area contributed by atoms with Crippen LogP contribution in [0.3, 0.4) is 0 Å². The molecule has 0 radical (unpaired) electrons. The van der Waals surface area contributed by atoms with Crippen LogP contribution in [-0.2, 0) is 4.79 Å². The molecule has 0 aromatic carbocycles. The summed E-state index contributed by atoms with van der Waals surface area (Å²) in [5.74, 6) is -0.431. The summed E-state index contributed by atoms with van der Waals surface area (Å²) in [4.78, 5) is 22.5. The second-order valence-corrected chi connectivity index (χ2v) is 5.84. The molecule has 0 spiro atoms. The Morgan fingerprint density at radius 2 is 1.68 bits per heavy atom. The predicted molar refractivity (Wildman–Crippen MR) is 76.1 cm³/mol. The number of carboxylic acids is 1. The van der Waals surface area contributed by atoms with Gasteiger partial charge in [-0.15, -0.1) is 0 Å². The van der Waals surface area contributed by atoms with Gasteiger partial charge in [0, 0.05) is 13.1 Å². The number of urea groups is 1. The van der Waals surface area contributed by atoms with E-state index < -0.39 is 11.9 Å². The summed E-state index contributed by atoms with van der Waals surface area (Å²) >= 11 is 0. The van der Waals surface area contributed by atoms with Gasteiger partial charge in [-0.25, -0.2) is 4.79 Å². The number of nitrogens with one attached hydrogen (secondary N) is 2. The van der Waals surface area contributed by atoms with Gasteiger partial charge in [-0.2, -0.15) is 0 Å². The zero-order valence-corrected chi connectivity index (χ0v) is 12.5. The molecule has 3 N–H and O–H groups in total. The molecule has 1 unspecified atom stereocenters. The average Bonchev–Trinajstić information content (AvgIpc) is 2.29. The number of amides is 2. The van der Waals surface area contributed by atoms with E-state index in [9.17, 15) is 9.59 Å². The third kappa shape index (κ3) is 10.4. The summed E-state index contributed by atoms with van der Waals surface area (Å²) in [6.45, 7) is 9.05. The highest BCUT2D eigenvalue weighted by Gasteiger charge is 2.19. The first-order valence-electron chi connectivity index (χ1n) is 7.07. The van der Waals surface area contributed by atoms with Crippen molar-refractivity contribution in [2.75, 3.05) is 13.1 Å². The molecule has 5 nitrogen and oxygen atoms in total. The molecule has 112 valence electrons. The van der Waals surface area contributed by atoms with Crippen LogP contribution in [0, 0.1) is 17.8 Å². The van der Waals surface area contributed by atoms with Crippen molar-refractivity contribution in [1.29, 1.82) is 0 Å². The Balaban J connectivity index is 3.83. The Morgan fingerprint density at radius 3 is 2.16 bits per heavy atom. The predicted octanol–water partition coefficient (Wildman–Crippen LogP) is 2.47. The molecule has 0 rings (SSSR count). The fraction of sp³-hybridized carbons (Fsp3) is 0.857.